The minimum atomic E-state index is -1.01. The Hall–Kier alpha value is -3.81. The molecule has 1 aliphatic carbocycles. The lowest BCUT2D eigenvalue weighted by Crippen LogP contribution is -2.39. The minimum Gasteiger partial charge on any atom is -0.477 e. The van der Waals surface area contributed by atoms with E-state index in [2.05, 4.69) is 40.2 Å². The molecule has 2 heterocycles. The van der Waals surface area contributed by atoms with Crippen LogP contribution in [0.15, 0.2) is 53.1 Å². The first kappa shape index (κ1) is 23.9. The molecule has 0 atom stereocenters. The summed E-state index contributed by atoms with van der Waals surface area (Å²) >= 11 is 0. The van der Waals surface area contributed by atoms with Gasteiger partial charge in [0.1, 0.15) is 5.52 Å². The summed E-state index contributed by atoms with van der Waals surface area (Å²) < 4.78 is 7.39. The van der Waals surface area contributed by atoms with Crippen LogP contribution in [0.2, 0.25) is 0 Å². The molecule has 0 unspecified atom stereocenters. The average Bonchev–Trinajstić information content (AvgIpc) is 3.46. The first-order chi connectivity index (χ1) is 17.4. The van der Waals surface area contributed by atoms with E-state index in [4.69, 9.17) is 4.42 Å². The van der Waals surface area contributed by atoms with Gasteiger partial charge in [-0.2, -0.15) is 10.1 Å². The molecule has 0 bridgehead atoms. The number of anilines is 3. The van der Waals surface area contributed by atoms with Gasteiger partial charge in [-0.25, -0.2) is 4.79 Å². The zero-order valence-corrected chi connectivity index (χ0v) is 21.1. The number of aromatic nitrogens is 3. The first-order valence-electron chi connectivity index (χ1n) is 12.7. The summed E-state index contributed by atoms with van der Waals surface area (Å²) in [6.45, 7) is 5.42. The fourth-order valence-corrected chi connectivity index (χ4v) is 5.23. The van der Waals surface area contributed by atoms with Crippen molar-refractivity contribution in [3.63, 3.8) is 0 Å². The number of carboxylic acid groups (broad SMARTS) is 1. The molecule has 2 N–H and O–H groups in total. The van der Waals surface area contributed by atoms with Crippen molar-refractivity contribution < 1.29 is 14.3 Å². The van der Waals surface area contributed by atoms with E-state index in [0.29, 0.717) is 29.1 Å². The largest absolute Gasteiger partial charge is 0.477 e. The number of carboxylic acids is 1. The Morgan fingerprint density at radius 2 is 1.97 bits per heavy atom. The van der Waals surface area contributed by atoms with Crippen molar-refractivity contribution >= 4 is 34.5 Å². The number of aryl methyl sites for hydroxylation is 1. The lowest BCUT2D eigenvalue weighted by atomic mass is 9.92. The van der Waals surface area contributed by atoms with Crippen LogP contribution in [0.25, 0.3) is 22.2 Å². The summed E-state index contributed by atoms with van der Waals surface area (Å²) in [4.78, 5) is 19.1. The van der Waals surface area contributed by atoms with Crippen molar-refractivity contribution in [3.8, 4) is 11.1 Å². The van der Waals surface area contributed by atoms with Crippen molar-refractivity contribution in [3.05, 3.63) is 54.4 Å². The number of nitrogens with zero attached hydrogens (tertiary/aromatic N) is 4. The molecule has 5 rings (SSSR count). The van der Waals surface area contributed by atoms with E-state index < -0.39 is 5.97 Å². The Labute approximate surface area is 210 Å². The maximum absolute atomic E-state index is 11.9. The monoisotopic (exact) mass is 487 g/mol. The molecule has 4 aromatic rings. The second-order valence-corrected chi connectivity index (χ2v) is 10.0. The number of carbonyl (C=O) groups is 1. The SMILES string of the molecule is CC(C)CN(c1ccc(-c2cnn(C)c2C(=O)O)cc1Nc1nc2ccccc2o1)C1CCCCC1. The predicted octanol–water partition coefficient (Wildman–Crippen LogP) is 6.47. The maximum Gasteiger partial charge on any atom is 0.354 e. The van der Waals surface area contributed by atoms with Gasteiger partial charge in [0, 0.05) is 25.2 Å². The van der Waals surface area contributed by atoms with Crippen LogP contribution in [-0.4, -0.2) is 38.4 Å². The molecule has 2 aromatic carbocycles. The molecular weight excluding hydrogens is 454 g/mol. The zero-order chi connectivity index (χ0) is 25.2. The molecule has 188 valence electrons. The summed E-state index contributed by atoms with van der Waals surface area (Å²) in [6.07, 6.45) is 7.71. The van der Waals surface area contributed by atoms with E-state index in [9.17, 15) is 9.90 Å². The Bertz CT molecular complexity index is 1330. The molecule has 8 nitrogen and oxygen atoms in total. The van der Waals surface area contributed by atoms with Crippen molar-refractivity contribution in [1.82, 2.24) is 14.8 Å². The van der Waals surface area contributed by atoms with Gasteiger partial charge in [-0.1, -0.05) is 51.3 Å². The fourth-order valence-electron chi connectivity index (χ4n) is 5.23. The number of benzene rings is 2. The van der Waals surface area contributed by atoms with Gasteiger partial charge >= 0.3 is 5.97 Å². The highest BCUT2D eigenvalue weighted by atomic mass is 16.4. The van der Waals surface area contributed by atoms with Crippen molar-refractivity contribution in [2.24, 2.45) is 13.0 Å². The van der Waals surface area contributed by atoms with Crippen molar-refractivity contribution in [2.75, 3.05) is 16.8 Å². The normalized spacial score (nSPS) is 14.4. The molecular formula is C28H33N5O3. The fraction of sp³-hybridized carbons (Fsp3) is 0.393. The minimum absolute atomic E-state index is 0.155. The third-order valence-corrected chi connectivity index (χ3v) is 6.87. The molecule has 0 aliphatic heterocycles. The highest BCUT2D eigenvalue weighted by Gasteiger charge is 2.26. The van der Waals surface area contributed by atoms with Gasteiger partial charge in [0.05, 0.1) is 17.6 Å². The second-order valence-electron chi connectivity index (χ2n) is 10.0. The van der Waals surface area contributed by atoms with Crippen LogP contribution in [0.3, 0.4) is 0 Å². The Morgan fingerprint density at radius 1 is 1.19 bits per heavy atom. The number of para-hydroxylation sites is 2. The quantitative estimate of drug-likeness (QED) is 0.294. The molecule has 1 saturated carbocycles. The summed E-state index contributed by atoms with van der Waals surface area (Å²) in [5.41, 5.74) is 4.91. The van der Waals surface area contributed by atoms with Gasteiger partial charge in [-0.05, 0) is 48.6 Å². The Balaban J connectivity index is 1.61. The maximum atomic E-state index is 11.9. The lowest BCUT2D eigenvalue weighted by molar-refractivity contribution is 0.0686. The zero-order valence-electron chi connectivity index (χ0n) is 21.1. The van der Waals surface area contributed by atoms with E-state index in [1.165, 1.54) is 36.8 Å². The van der Waals surface area contributed by atoms with Crippen LogP contribution >= 0.6 is 0 Å². The summed E-state index contributed by atoms with van der Waals surface area (Å²) in [6, 6.07) is 14.6. The first-order valence-corrected chi connectivity index (χ1v) is 12.7. The molecule has 0 spiro atoms. The Morgan fingerprint density at radius 3 is 2.69 bits per heavy atom. The van der Waals surface area contributed by atoms with Gasteiger partial charge < -0.3 is 19.7 Å². The van der Waals surface area contributed by atoms with Crippen molar-refractivity contribution in [1.29, 1.82) is 0 Å². The number of aromatic carboxylic acids is 1. The van der Waals surface area contributed by atoms with Gasteiger partial charge in [0.15, 0.2) is 11.3 Å². The molecule has 2 aromatic heterocycles. The van der Waals surface area contributed by atoms with Crippen LogP contribution < -0.4 is 10.2 Å². The number of nitrogens with one attached hydrogen (secondary N) is 1. The topological polar surface area (TPSA) is 96.4 Å². The van der Waals surface area contributed by atoms with Gasteiger partial charge in [0.25, 0.3) is 6.01 Å². The van der Waals surface area contributed by atoms with Gasteiger partial charge in [-0.15, -0.1) is 0 Å². The average molecular weight is 488 g/mol. The molecule has 0 radical (unpaired) electrons. The van der Waals surface area contributed by atoms with Crippen LogP contribution in [0, 0.1) is 5.92 Å². The van der Waals surface area contributed by atoms with E-state index in [1.54, 1.807) is 13.2 Å². The predicted molar refractivity (Wildman–Crippen MR) is 142 cm³/mol. The van der Waals surface area contributed by atoms with Gasteiger partial charge in [0.2, 0.25) is 0 Å². The summed E-state index contributed by atoms with van der Waals surface area (Å²) in [5, 5.41) is 17.4. The molecule has 1 aliphatic rings. The smallest absolute Gasteiger partial charge is 0.354 e. The highest BCUT2D eigenvalue weighted by Crippen LogP contribution is 2.38. The number of hydrogen-bond donors (Lipinski definition) is 2. The van der Waals surface area contributed by atoms with Gasteiger partial charge in [-0.3, -0.25) is 4.68 Å². The van der Waals surface area contributed by atoms with Crippen LogP contribution in [0.1, 0.15) is 56.4 Å². The lowest BCUT2D eigenvalue weighted by Gasteiger charge is -2.38. The third kappa shape index (κ3) is 4.80. The van der Waals surface area contributed by atoms with Crippen LogP contribution in [0.5, 0.6) is 0 Å². The van der Waals surface area contributed by atoms with Crippen LogP contribution in [-0.2, 0) is 7.05 Å². The van der Waals surface area contributed by atoms with E-state index in [0.717, 1.165) is 29.0 Å². The van der Waals surface area contributed by atoms with E-state index in [1.807, 2.05) is 36.4 Å². The molecule has 1 fully saturated rings. The van der Waals surface area contributed by atoms with Crippen LogP contribution in [0.4, 0.5) is 17.4 Å². The molecule has 0 amide bonds. The van der Waals surface area contributed by atoms with E-state index >= 15 is 0 Å². The number of rotatable bonds is 8. The highest BCUT2D eigenvalue weighted by molar-refractivity contribution is 5.95. The molecule has 8 heteroatoms. The van der Waals surface area contributed by atoms with E-state index in [-0.39, 0.29) is 5.69 Å². The third-order valence-electron chi connectivity index (χ3n) is 6.87. The number of fused-ring (bicyclic) bond motifs is 1. The molecule has 0 saturated heterocycles. The molecule has 36 heavy (non-hydrogen) atoms. The summed E-state index contributed by atoms with van der Waals surface area (Å²) in [5.74, 6) is -0.521. The number of hydrogen-bond acceptors (Lipinski definition) is 6. The second kappa shape index (κ2) is 10.0. The summed E-state index contributed by atoms with van der Waals surface area (Å²) in [7, 11) is 1.65. The van der Waals surface area contributed by atoms with Crippen molar-refractivity contribution in [2.45, 2.75) is 52.0 Å². The standard InChI is InChI=1S/C28H33N5O3/c1-18(2)17-33(20-9-5-4-6-10-20)24-14-13-19(21-16-29-32(3)26(21)27(34)35)15-23(24)31-28-30-22-11-7-8-12-25(22)36-28/h7-8,11-16,18,20H,4-6,9-10,17H2,1-3H3,(H,30,31)(H,34,35). The number of oxazole rings is 1. The Kier molecular flexibility index (Phi) is 6.67.